The Hall–Kier alpha value is -3.36. The van der Waals surface area contributed by atoms with E-state index in [-0.39, 0.29) is 16.7 Å². The molecule has 132 valence electrons. The number of halogens is 3. The summed E-state index contributed by atoms with van der Waals surface area (Å²) < 4.78 is 42.1. The number of nitrogens with zero attached hydrogens (tertiary/aromatic N) is 4. The van der Waals surface area contributed by atoms with E-state index in [1.165, 1.54) is 23.0 Å². The van der Waals surface area contributed by atoms with Crippen LogP contribution >= 0.6 is 0 Å². The minimum absolute atomic E-state index is 0.0178. The highest BCUT2D eigenvalue weighted by Gasteiger charge is 2.32. The minimum Gasteiger partial charge on any atom is -0.506 e. The molecule has 26 heavy (non-hydrogen) atoms. The van der Waals surface area contributed by atoms with Crippen LogP contribution in [0.15, 0.2) is 47.7 Å². The average Bonchev–Trinajstić information content (AvgIpc) is 3.05. The standard InChI is InChI=1S/C17H11F3N4O2/c1-9-11(3-2-4-21-9)24-12-7-10(17(18,19)20)8-13(25)14(12)23-6-5-22-15(23)16(24)26/h2-8,25H,1H3. The van der Waals surface area contributed by atoms with Crippen LogP contribution in [0.5, 0.6) is 5.75 Å². The highest BCUT2D eigenvalue weighted by atomic mass is 19.4. The first-order valence-electron chi connectivity index (χ1n) is 7.53. The molecule has 4 rings (SSSR count). The summed E-state index contributed by atoms with van der Waals surface area (Å²) in [5.41, 5.74) is -0.975. The maximum atomic E-state index is 13.2. The number of phenols is 1. The molecule has 3 aromatic heterocycles. The molecule has 4 aromatic rings. The maximum absolute atomic E-state index is 13.2. The second kappa shape index (κ2) is 5.32. The number of imidazole rings is 1. The Morgan fingerprint density at radius 3 is 2.62 bits per heavy atom. The van der Waals surface area contributed by atoms with E-state index in [1.54, 1.807) is 19.1 Å². The molecule has 0 bridgehead atoms. The van der Waals surface area contributed by atoms with E-state index < -0.39 is 23.0 Å². The summed E-state index contributed by atoms with van der Waals surface area (Å²) in [4.78, 5) is 21.0. The number of pyridine rings is 1. The van der Waals surface area contributed by atoms with Crippen molar-refractivity contribution >= 4 is 16.7 Å². The normalized spacial score (nSPS) is 12.2. The molecule has 0 fully saturated rings. The summed E-state index contributed by atoms with van der Waals surface area (Å²) in [7, 11) is 0. The van der Waals surface area contributed by atoms with E-state index >= 15 is 0 Å². The van der Waals surface area contributed by atoms with Gasteiger partial charge in [0.1, 0.15) is 11.3 Å². The number of fused-ring (bicyclic) bond motifs is 3. The van der Waals surface area contributed by atoms with Crippen LogP contribution in [0.4, 0.5) is 13.2 Å². The monoisotopic (exact) mass is 360 g/mol. The third kappa shape index (κ3) is 2.24. The summed E-state index contributed by atoms with van der Waals surface area (Å²) in [6.45, 7) is 1.64. The maximum Gasteiger partial charge on any atom is 0.416 e. The summed E-state index contributed by atoms with van der Waals surface area (Å²) >= 11 is 0. The lowest BCUT2D eigenvalue weighted by Gasteiger charge is -2.16. The molecule has 0 aliphatic heterocycles. The highest BCUT2D eigenvalue weighted by Crippen LogP contribution is 2.36. The van der Waals surface area contributed by atoms with E-state index in [9.17, 15) is 23.1 Å². The van der Waals surface area contributed by atoms with Crippen molar-refractivity contribution in [3.63, 3.8) is 0 Å². The fourth-order valence-electron chi connectivity index (χ4n) is 2.99. The van der Waals surface area contributed by atoms with Crippen LogP contribution in [0.2, 0.25) is 0 Å². The zero-order valence-corrected chi connectivity index (χ0v) is 13.3. The Labute approximate surface area is 143 Å². The van der Waals surface area contributed by atoms with Gasteiger partial charge in [-0.15, -0.1) is 0 Å². The molecule has 0 unspecified atom stereocenters. The highest BCUT2D eigenvalue weighted by molar-refractivity contribution is 5.86. The van der Waals surface area contributed by atoms with E-state index in [4.69, 9.17) is 0 Å². The second-order valence-corrected chi connectivity index (χ2v) is 5.73. The summed E-state index contributed by atoms with van der Waals surface area (Å²) in [6, 6.07) is 4.61. The lowest BCUT2D eigenvalue weighted by Crippen LogP contribution is -2.23. The van der Waals surface area contributed by atoms with E-state index in [0.717, 1.165) is 10.6 Å². The summed E-state index contributed by atoms with van der Waals surface area (Å²) in [5.74, 6) is -0.604. The van der Waals surface area contributed by atoms with E-state index in [0.29, 0.717) is 17.4 Å². The van der Waals surface area contributed by atoms with E-state index in [1.807, 2.05) is 0 Å². The largest absolute Gasteiger partial charge is 0.506 e. The molecule has 0 aliphatic rings. The van der Waals surface area contributed by atoms with Crippen molar-refractivity contribution in [1.82, 2.24) is 18.9 Å². The minimum atomic E-state index is -4.68. The zero-order chi connectivity index (χ0) is 18.6. The number of phenolic OH excluding ortho intramolecular Hbond substituents is 1. The number of hydrogen-bond donors (Lipinski definition) is 1. The number of benzene rings is 1. The quantitative estimate of drug-likeness (QED) is 0.566. The fourth-order valence-corrected chi connectivity index (χ4v) is 2.99. The SMILES string of the molecule is Cc1ncccc1-n1c(=O)c2nccn2c2c(O)cc(C(F)(F)F)cc21. The van der Waals surface area contributed by atoms with Gasteiger partial charge in [-0.05, 0) is 31.2 Å². The molecule has 0 saturated heterocycles. The Bertz CT molecular complexity index is 1220. The molecule has 0 spiro atoms. The summed E-state index contributed by atoms with van der Waals surface area (Å²) in [6.07, 6.45) is -0.417. The molecular formula is C17H11F3N4O2. The molecule has 1 aromatic carbocycles. The Morgan fingerprint density at radius 2 is 1.92 bits per heavy atom. The van der Waals surface area contributed by atoms with Crippen molar-refractivity contribution in [1.29, 1.82) is 0 Å². The van der Waals surface area contributed by atoms with Crippen molar-refractivity contribution in [2.75, 3.05) is 0 Å². The van der Waals surface area contributed by atoms with Gasteiger partial charge in [-0.3, -0.25) is 18.7 Å². The molecule has 1 N–H and O–H groups in total. The molecular weight excluding hydrogens is 349 g/mol. The number of rotatable bonds is 1. The van der Waals surface area contributed by atoms with Gasteiger partial charge in [-0.2, -0.15) is 13.2 Å². The van der Waals surface area contributed by atoms with Crippen molar-refractivity contribution in [2.45, 2.75) is 13.1 Å². The number of hydrogen-bond acceptors (Lipinski definition) is 4. The van der Waals surface area contributed by atoms with Gasteiger partial charge in [0.15, 0.2) is 0 Å². The van der Waals surface area contributed by atoms with Crippen molar-refractivity contribution in [3.05, 3.63) is 64.5 Å². The van der Waals surface area contributed by atoms with Crippen LogP contribution in [0.25, 0.3) is 22.4 Å². The van der Waals surface area contributed by atoms with Crippen molar-refractivity contribution in [3.8, 4) is 11.4 Å². The van der Waals surface area contributed by atoms with E-state index in [2.05, 4.69) is 9.97 Å². The lowest BCUT2D eigenvalue weighted by molar-refractivity contribution is -0.137. The number of aromatic hydroxyl groups is 1. The number of aromatic nitrogens is 4. The molecule has 0 atom stereocenters. The second-order valence-electron chi connectivity index (χ2n) is 5.73. The first-order valence-corrected chi connectivity index (χ1v) is 7.53. The van der Waals surface area contributed by atoms with Crippen LogP contribution in [-0.4, -0.2) is 24.0 Å². The van der Waals surface area contributed by atoms with Crippen molar-refractivity contribution < 1.29 is 18.3 Å². The van der Waals surface area contributed by atoms with Gasteiger partial charge in [-0.25, -0.2) is 4.98 Å². The molecule has 0 amide bonds. The fraction of sp³-hybridized carbons (Fsp3) is 0.118. The van der Waals surface area contributed by atoms with Gasteiger partial charge in [-0.1, -0.05) is 0 Å². The van der Waals surface area contributed by atoms with Gasteiger partial charge in [0.05, 0.1) is 22.5 Å². The number of aryl methyl sites for hydroxylation is 1. The third-order valence-corrected chi connectivity index (χ3v) is 4.13. The van der Waals surface area contributed by atoms with Crippen LogP contribution in [0, 0.1) is 6.92 Å². The first-order chi connectivity index (χ1) is 12.3. The van der Waals surface area contributed by atoms with Gasteiger partial charge in [0, 0.05) is 18.6 Å². The Kier molecular flexibility index (Phi) is 3.30. The number of alkyl halides is 3. The Balaban J connectivity index is 2.28. The van der Waals surface area contributed by atoms with Gasteiger partial charge < -0.3 is 5.11 Å². The topological polar surface area (TPSA) is 72.4 Å². The van der Waals surface area contributed by atoms with Gasteiger partial charge in [0.25, 0.3) is 5.56 Å². The molecule has 9 heteroatoms. The predicted octanol–water partition coefficient (Wildman–Crippen LogP) is 3.07. The van der Waals surface area contributed by atoms with Gasteiger partial charge >= 0.3 is 6.18 Å². The first kappa shape index (κ1) is 16.1. The molecule has 3 heterocycles. The lowest BCUT2D eigenvalue weighted by atomic mass is 10.1. The third-order valence-electron chi connectivity index (χ3n) is 4.13. The zero-order valence-electron chi connectivity index (χ0n) is 13.3. The molecule has 6 nitrogen and oxygen atoms in total. The van der Waals surface area contributed by atoms with Crippen molar-refractivity contribution in [2.24, 2.45) is 0 Å². The smallest absolute Gasteiger partial charge is 0.416 e. The molecule has 0 aliphatic carbocycles. The Morgan fingerprint density at radius 1 is 1.15 bits per heavy atom. The predicted molar refractivity (Wildman–Crippen MR) is 87.5 cm³/mol. The summed E-state index contributed by atoms with van der Waals surface area (Å²) in [5, 5.41) is 10.3. The van der Waals surface area contributed by atoms with Gasteiger partial charge in [0.2, 0.25) is 5.65 Å². The van der Waals surface area contributed by atoms with Crippen LogP contribution in [-0.2, 0) is 6.18 Å². The van der Waals surface area contributed by atoms with Crippen LogP contribution in [0.1, 0.15) is 11.3 Å². The van der Waals surface area contributed by atoms with Crippen LogP contribution in [0.3, 0.4) is 0 Å². The molecule has 0 saturated carbocycles. The molecule has 0 radical (unpaired) electrons. The average molecular weight is 360 g/mol. The van der Waals surface area contributed by atoms with Crippen LogP contribution < -0.4 is 5.56 Å².